The van der Waals surface area contributed by atoms with Gasteiger partial charge in [-0.15, -0.1) is 0 Å². The average Bonchev–Trinajstić information content (AvgIpc) is 2.62. The highest BCUT2D eigenvalue weighted by molar-refractivity contribution is 6.30. The lowest BCUT2D eigenvalue weighted by molar-refractivity contribution is 0.628. The summed E-state index contributed by atoms with van der Waals surface area (Å²) in [5, 5.41) is 4.04. The average molecular weight is 195 g/mol. The van der Waals surface area contributed by atoms with Gasteiger partial charge in [-0.25, -0.2) is 4.39 Å². The molecule has 2 rings (SSSR count). The number of hydrogen-bond acceptors (Lipinski definition) is 0. The van der Waals surface area contributed by atoms with Gasteiger partial charge in [0.05, 0.1) is 5.02 Å². The topological polar surface area (TPSA) is 14.1 Å². The lowest BCUT2D eigenvalue weighted by Gasteiger charge is -1.99. The second-order valence-electron chi connectivity index (χ2n) is 2.68. The second kappa shape index (κ2) is 3.23. The molecule has 1 heterocycles. The highest BCUT2D eigenvalue weighted by atomic mass is 35.5. The molecule has 0 fully saturated rings. The van der Waals surface area contributed by atoms with E-state index < -0.39 is 5.82 Å². The molecule has 0 bridgehead atoms. The third kappa shape index (κ3) is 1.58. The van der Waals surface area contributed by atoms with E-state index in [1.807, 2.05) is 6.08 Å². The largest absolute Gasteiger partial charge is 0.264 e. The molecular formula is C10H6ClFN. The van der Waals surface area contributed by atoms with Crippen LogP contribution in [0.5, 0.6) is 0 Å². The van der Waals surface area contributed by atoms with E-state index in [4.69, 9.17) is 11.6 Å². The molecule has 1 aliphatic heterocycles. The van der Waals surface area contributed by atoms with E-state index in [1.54, 1.807) is 24.5 Å². The summed E-state index contributed by atoms with van der Waals surface area (Å²) in [7, 11) is 0. The van der Waals surface area contributed by atoms with Crippen molar-refractivity contribution in [2.24, 2.45) is 0 Å². The summed E-state index contributed by atoms with van der Waals surface area (Å²) < 4.78 is 13.0. The van der Waals surface area contributed by atoms with Gasteiger partial charge >= 0.3 is 0 Å². The van der Waals surface area contributed by atoms with Crippen molar-refractivity contribution in [3.05, 3.63) is 53.1 Å². The normalized spacial score (nSPS) is 14.2. The van der Waals surface area contributed by atoms with Crippen LogP contribution in [0.1, 0.15) is 5.56 Å². The lowest BCUT2D eigenvalue weighted by Crippen LogP contribution is -1.83. The van der Waals surface area contributed by atoms with E-state index in [0.29, 0.717) is 0 Å². The molecule has 13 heavy (non-hydrogen) atoms. The lowest BCUT2D eigenvalue weighted by atomic mass is 10.1. The molecule has 0 saturated carbocycles. The number of rotatable bonds is 1. The zero-order chi connectivity index (χ0) is 9.26. The van der Waals surface area contributed by atoms with Crippen LogP contribution in [0.4, 0.5) is 4.39 Å². The molecular weight excluding hydrogens is 189 g/mol. The molecule has 0 spiro atoms. The summed E-state index contributed by atoms with van der Waals surface area (Å²) in [5.74, 6) is -0.402. The van der Waals surface area contributed by atoms with E-state index in [0.717, 1.165) is 11.1 Å². The van der Waals surface area contributed by atoms with Crippen LogP contribution in [0, 0.1) is 5.82 Å². The van der Waals surface area contributed by atoms with Crippen molar-refractivity contribution < 1.29 is 4.39 Å². The first-order valence-corrected chi connectivity index (χ1v) is 4.17. The molecule has 3 heteroatoms. The van der Waals surface area contributed by atoms with Crippen molar-refractivity contribution in [1.29, 1.82) is 0 Å². The fourth-order valence-corrected chi connectivity index (χ4v) is 1.25. The molecule has 1 aliphatic rings. The van der Waals surface area contributed by atoms with Crippen LogP contribution in [0.2, 0.25) is 5.02 Å². The molecule has 1 aromatic carbocycles. The molecule has 0 aliphatic carbocycles. The van der Waals surface area contributed by atoms with Crippen molar-refractivity contribution in [2.45, 2.75) is 0 Å². The van der Waals surface area contributed by atoms with Crippen LogP contribution in [0.25, 0.3) is 5.57 Å². The second-order valence-corrected chi connectivity index (χ2v) is 3.09. The van der Waals surface area contributed by atoms with E-state index >= 15 is 0 Å². The summed E-state index contributed by atoms with van der Waals surface area (Å²) >= 11 is 5.55. The fourth-order valence-electron chi connectivity index (χ4n) is 1.14. The van der Waals surface area contributed by atoms with Gasteiger partial charge < -0.3 is 0 Å². The summed E-state index contributed by atoms with van der Waals surface area (Å²) in [6.45, 7) is 0. The maximum atomic E-state index is 13.0. The summed E-state index contributed by atoms with van der Waals surface area (Å²) in [5.41, 5.74) is 1.69. The SMILES string of the molecule is Fc1cc(C2=C[N]C=C2)ccc1Cl. The zero-order valence-corrected chi connectivity index (χ0v) is 7.42. The van der Waals surface area contributed by atoms with Crippen LogP contribution in [0.3, 0.4) is 0 Å². The maximum Gasteiger partial charge on any atom is 0.142 e. The summed E-state index contributed by atoms with van der Waals surface area (Å²) in [6.07, 6.45) is 5.17. The Bertz CT molecular complexity index is 396. The van der Waals surface area contributed by atoms with E-state index in [9.17, 15) is 4.39 Å². The van der Waals surface area contributed by atoms with E-state index in [1.165, 1.54) is 6.07 Å². The molecule has 65 valence electrons. The predicted octanol–water partition coefficient (Wildman–Crippen LogP) is 2.95. The molecule has 0 atom stereocenters. The minimum atomic E-state index is -0.402. The molecule has 0 unspecified atom stereocenters. The number of hydrogen-bond donors (Lipinski definition) is 0. The van der Waals surface area contributed by atoms with Crippen LogP contribution in [-0.4, -0.2) is 0 Å². The van der Waals surface area contributed by atoms with Crippen molar-refractivity contribution in [2.75, 3.05) is 0 Å². The number of nitrogens with zero attached hydrogens (tertiary/aromatic N) is 1. The van der Waals surface area contributed by atoms with Crippen molar-refractivity contribution in [1.82, 2.24) is 5.32 Å². The van der Waals surface area contributed by atoms with E-state index in [-0.39, 0.29) is 5.02 Å². The fraction of sp³-hybridized carbons (Fsp3) is 0. The quantitative estimate of drug-likeness (QED) is 0.653. The molecule has 0 amide bonds. The Morgan fingerprint density at radius 2 is 2.15 bits per heavy atom. The smallest absolute Gasteiger partial charge is 0.142 e. The van der Waals surface area contributed by atoms with Gasteiger partial charge in [0.1, 0.15) is 5.82 Å². The Kier molecular flexibility index (Phi) is 2.07. The Balaban J connectivity index is 2.42. The third-order valence-electron chi connectivity index (χ3n) is 1.81. The molecule has 1 aromatic rings. The third-order valence-corrected chi connectivity index (χ3v) is 2.11. The van der Waals surface area contributed by atoms with Gasteiger partial charge in [-0.1, -0.05) is 17.7 Å². The molecule has 0 saturated heterocycles. The summed E-state index contributed by atoms with van der Waals surface area (Å²) in [6, 6.07) is 4.71. The van der Waals surface area contributed by atoms with Crippen molar-refractivity contribution in [3.8, 4) is 0 Å². The molecule has 0 N–H and O–H groups in total. The monoisotopic (exact) mass is 194 g/mol. The maximum absolute atomic E-state index is 13.0. The standard InChI is InChI=1S/C10H6ClFN/c11-9-2-1-7(5-10(9)12)8-3-4-13-6-8/h1-6H. The number of halogens is 2. The number of allylic oxidation sites excluding steroid dienone is 2. The first-order chi connectivity index (χ1) is 6.27. The Morgan fingerprint density at radius 1 is 1.31 bits per heavy atom. The van der Waals surface area contributed by atoms with Gasteiger partial charge in [0, 0.05) is 18.0 Å². The Labute approximate surface area is 80.5 Å². The minimum absolute atomic E-state index is 0.142. The zero-order valence-electron chi connectivity index (χ0n) is 6.67. The molecule has 1 radical (unpaired) electrons. The Morgan fingerprint density at radius 3 is 2.77 bits per heavy atom. The molecule has 0 aromatic heterocycles. The highest BCUT2D eigenvalue weighted by Crippen LogP contribution is 2.22. The van der Waals surface area contributed by atoms with Gasteiger partial charge in [0.15, 0.2) is 0 Å². The van der Waals surface area contributed by atoms with Crippen LogP contribution in [-0.2, 0) is 0 Å². The summed E-state index contributed by atoms with van der Waals surface area (Å²) in [4.78, 5) is 0. The number of benzene rings is 1. The van der Waals surface area contributed by atoms with Gasteiger partial charge in [0.2, 0.25) is 0 Å². The van der Waals surface area contributed by atoms with Gasteiger partial charge in [-0.3, -0.25) is 5.32 Å². The van der Waals surface area contributed by atoms with Crippen molar-refractivity contribution in [3.63, 3.8) is 0 Å². The minimum Gasteiger partial charge on any atom is -0.264 e. The van der Waals surface area contributed by atoms with Gasteiger partial charge in [-0.2, -0.15) is 0 Å². The molecule has 1 nitrogen and oxygen atoms in total. The van der Waals surface area contributed by atoms with Crippen molar-refractivity contribution >= 4 is 17.2 Å². The van der Waals surface area contributed by atoms with Gasteiger partial charge in [0.25, 0.3) is 0 Å². The van der Waals surface area contributed by atoms with Crippen LogP contribution < -0.4 is 5.32 Å². The highest BCUT2D eigenvalue weighted by Gasteiger charge is 2.05. The first-order valence-electron chi connectivity index (χ1n) is 3.79. The first kappa shape index (κ1) is 8.32. The van der Waals surface area contributed by atoms with Crippen LogP contribution >= 0.6 is 11.6 Å². The van der Waals surface area contributed by atoms with E-state index in [2.05, 4.69) is 5.32 Å². The van der Waals surface area contributed by atoms with Gasteiger partial charge in [-0.05, 0) is 23.8 Å². The predicted molar refractivity (Wildman–Crippen MR) is 50.7 cm³/mol. The Hall–Kier alpha value is -1.28. The van der Waals surface area contributed by atoms with Crippen LogP contribution in [0.15, 0.2) is 36.7 Å².